The molecule has 0 radical (unpaired) electrons. The van der Waals surface area contributed by atoms with Crippen molar-refractivity contribution in [3.05, 3.63) is 41.2 Å². The standard InChI is InChI=1S/C20H26N2O5/c1-13(23)17-18(14-8-10-15(11-9-14)21(2)3)22(20(27)19(17)26)12-6-4-5-7-16(24)25/h8-11,18,26H,4-7,12H2,1-3H3,(H,24,25)/p-1/t18-/m0/s1. The largest absolute Gasteiger partial charge is 0.550 e. The molecule has 2 rings (SSSR count). The van der Waals surface area contributed by atoms with Crippen molar-refractivity contribution in [2.24, 2.45) is 0 Å². The van der Waals surface area contributed by atoms with Crippen LogP contribution in [-0.4, -0.2) is 48.3 Å². The van der Waals surface area contributed by atoms with Crippen LogP contribution in [0.5, 0.6) is 0 Å². The van der Waals surface area contributed by atoms with Gasteiger partial charge in [-0.2, -0.15) is 0 Å². The summed E-state index contributed by atoms with van der Waals surface area (Å²) in [5.74, 6) is -2.51. The van der Waals surface area contributed by atoms with E-state index in [0.717, 1.165) is 11.3 Å². The van der Waals surface area contributed by atoms with Gasteiger partial charge in [0, 0.05) is 32.3 Å². The predicted molar refractivity (Wildman–Crippen MR) is 99.0 cm³/mol. The first-order chi connectivity index (χ1) is 12.7. The zero-order valence-electron chi connectivity index (χ0n) is 15.9. The minimum atomic E-state index is -1.09. The lowest BCUT2D eigenvalue weighted by Gasteiger charge is -2.27. The number of hydrogen-bond acceptors (Lipinski definition) is 6. The van der Waals surface area contributed by atoms with E-state index < -0.39 is 23.7 Å². The van der Waals surface area contributed by atoms with Crippen LogP contribution in [0.4, 0.5) is 5.69 Å². The number of Topliss-reactive ketones (excluding diaryl/α,β-unsaturated/α-hetero) is 1. The summed E-state index contributed by atoms with van der Waals surface area (Å²) in [6, 6.07) is 6.85. The Morgan fingerprint density at radius 2 is 1.78 bits per heavy atom. The molecule has 7 heteroatoms. The van der Waals surface area contributed by atoms with Gasteiger partial charge >= 0.3 is 0 Å². The SMILES string of the molecule is CC(=O)C1=C(O)C(=O)N(CCCCCC(=O)[O-])[C@H]1c1ccc(N(C)C)cc1. The quantitative estimate of drug-likeness (QED) is 0.656. The van der Waals surface area contributed by atoms with Crippen LogP contribution in [0.15, 0.2) is 35.6 Å². The van der Waals surface area contributed by atoms with Gasteiger partial charge in [-0.1, -0.05) is 18.6 Å². The molecule has 0 spiro atoms. The highest BCUT2D eigenvalue weighted by Gasteiger charge is 2.41. The van der Waals surface area contributed by atoms with E-state index in [2.05, 4.69) is 0 Å². The second-order valence-corrected chi connectivity index (χ2v) is 6.89. The van der Waals surface area contributed by atoms with Crippen LogP contribution in [0.3, 0.4) is 0 Å². The number of anilines is 1. The number of aliphatic hydroxyl groups is 1. The Labute approximate surface area is 158 Å². The highest BCUT2D eigenvalue weighted by molar-refractivity contribution is 6.08. The third-order valence-corrected chi connectivity index (χ3v) is 4.69. The molecular weight excluding hydrogens is 348 g/mol. The molecule has 0 saturated heterocycles. The molecule has 1 aliphatic rings. The molecule has 0 bridgehead atoms. The van der Waals surface area contributed by atoms with E-state index in [-0.39, 0.29) is 17.8 Å². The number of unbranched alkanes of at least 4 members (excludes halogenated alkanes) is 2. The van der Waals surface area contributed by atoms with Gasteiger partial charge < -0.3 is 24.8 Å². The number of aliphatic hydroxyl groups excluding tert-OH is 1. The Kier molecular flexibility index (Phi) is 6.60. The summed E-state index contributed by atoms with van der Waals surface area (Å²) >= 11 is 0. The molecule has 1 aromatic carbocycles. The second kappa shape index (κ2) is 8.70. The summed E-state index contributed by atoms with van der Waals surface area (Å²) in [6.07, 6.45) is 1.63. The van der Waals surface area contributed by atoms with Gasteiger partial charge in [0.1, 0.15) is 0 Å². The summed E-state index contributed by atoms with van der Waals surface area (Å²) in [7, 11) is 3.83. The topological polar surface area (TPSA) is 101 Å². The molecule has 0 unspecified atom stereocenters. The average Bonchev–Trinajstić information content (AvgIpc) is 2.86. The van der Waals surface area contributed by atoms with E-state index in [1.54, 1.807) is 0 Å². The molecule has 0 aromatic heterocycles. The fraction of sp³-hybridized carbons (Fsp3) is 0.450. The minimum absolute atomic E-state index is 0.0223. The molecule has 146 valence electrons. The Morgan fingerprint density at radius 3 is 2.30 bits per heavy atom. The first-order valence-electron chi connectivity index (χ1n) is 8.96. The van der Waals surface area contributed by atoms with Crippen LogP contribution in [0, 0.1) is 0 Å². The zero-order chi connectivity index (χ0) is 20.1. The predicted octanol–water partition coefficient (Wildman–Crippen LogP) is 1.35. The molecule has 0 saturated carbocycles. The van der Waals surface area contributed by atoms with Crippen LogP contribution in [-0.2, 0) is 14.4 Å². The smallest absolute Gasteiger partial charge is 0.290 e. The van der Waals surface area contributed by atoms with Crippen LogP contribution in [0.1, 0.15) is 44.2 Å². The maximum atomic E-state index is 12.5. The second-order valence-electron chi connectivity index (χ2n) is 6.89. The summed E-state index contributed by atoms with van der Waals surface area (Å²) in [5.41, 5.74) is 1.83. The molecule has 1 heterocycles. The molecule has 1 N–H and O–H groups in total. The maximum Gasteiger partial charge on any atom is 0.290 e. The third-order valence-electron chi connectivity index (χ3n) is 4.69. The third kappa shape index (κ3) is 4.67. The number of carboxylic acids is 1. The summed E-state index contributed by atoms with van der Waals surface area (Å²) in [6.45, 7) is 1.66. The van der Waals surface area contributed by atoms with Gasteiger partial charge in [0.15, 0.2) is 11.5 Å². The summed E-state index contributed by atoms with van der Waals surface area (Å²) < 4.78 is 0. The van der Waals surface area contributed by atoms with Gasteiger partial charge in [-0.15, -0.1) is 0 Å². The number of ketones is 1. The number of carbonyl (C=O) groups excluding carboxylic acids is 3. The van der Waals surface area contributed by atoms with Crippen molar-refractivity contribution in [2.45, 2.75) is 38.6 Å². The van der Waals surface area contributed by atoms with Gasteiger partial charge in [0.2, 0.25) is 0 Å². The fourth-order valence-corrected chi connectivity index (χ4v) is 3.27. The Bertz CT molecular complexity index is 752. The molecular formula is C20H25N2O5-. The number of rotatable bonds is 9. The molecule has 0 fully saturated rings. The Balaban J connectivity index is 2.22. The normalized spacial score (nSPS) is 16.8. The van der Waals surface area contributed by atoms with E-state index in [1.165, 1.54) is 11.8 Å². The van der Waals surface area contributed by atoms with Crippen molar-refractivity contribution < 1.29 is 24.6 Å². The first-order valence-corrected chi connectivity index (χ1v) is 8.96. The number of nitrogens with zero attached hydrogens (tertiary/aromatic N) is 2. The van der Waals surface area contributed by atoms with E-state index >= 15 is 0 Å². The lowest BCUT2D eigenvalue weighted by molar-refractivity contribution is -0.305. The first kappa shape index (κ1) is 20.5. The molecule has 0 aliphatic carbocycles. The average molecular weight is 373 g/mol. The van der Waals surface area contributed by atoms with Crippen molar-refractivity contribution in [1.82, 2.24) is 4.90 Å². The molecule has 1 aromatic rings. The van der Waals surface area contributed by atoms with Crippen molar-refractivity contribution >= 4 is 23.3 Å². The number of amides is 1. The molecule has 1 atom stereocenters. The van der Waals surface area contributed by atoms with Crippen LogP contribution in [0.2, 0.25) is 0 Å². The summed E-state index contributed by atoms with van der Waals surface area (Å²) in [4.78, 5) is 38.5. The highest BCUT2D eigenvalue weighted by Crippen LogP contribution is 2.38. The fourth-order valence-electron chi connectivity index (χ4n) is 3.27. The van der Waals surface area contributed by atoms with Crippen LogP contribution in [0.25, 0.3) is 0 Å². The molecule has 27 heavy (non-hydrogen) atoms. The van der Waals surface area contributed by atoms with Crippen molar-refractivity contribution in [3.63, 3.8) is 0 Å². The number of benzene rings is 1. The lowest BCUT2D eigenvalue weighted by Crippen LogP contribution is -2.32. The molecule has 1 amide bonds. The zero-order valence-corrected chi connectivity index (χ0v) is 15.9. The van der Waals surface area contributed by atoms with Crippen LogP contribution >= 0.6 is 0 Å². The van der Waals surface area contributed by atoms with Gasteiger partial charge in [-0.3, -0.25) is 9.59 Å². The van der Waals surface area contributed by atoms with E-state index in [0.29, 0.717) is 25.8 Å². The lowest BCUT2D eigenvalue weighted by atomic mass is 9.96. The molecule has 7 nitrogen and oxygen atoms in total. The monoisotopic (exact) mass is 373 g/mol. The van der Waals surface area contributed by atoms with Gasteiger partial charge in [0.05, 0.1) is 11.6 Å². The Morgan fingerprint density at radius 1 is 1.15 bits per heavy atom. The van der Waals surface area contributed by atoms with E-state index in [9.17, 15) is 24.6 Å². The Hall–Kier alpha value is -2.83. The molecule has 1 aliphatic heterocycles. The van der Waals surface area contributed by atoms with Crippen molar-refractivity contribution in [1.29, 1.82) is 0 Å². The van der Waals surface area contributed by atoms with Crippen molar-refractivity contribution in [2.75, 3.05) is 25.5 Å². The number of carbonyl (C=O) groups is 3. The number of aliphatic carboxylic acids is 1. The van der Waals surface area contributed by atoms with Crippen LogP contribution < -0.4 is 10.0 Å². The minimum Gasteiger partial charge on any atom is -0.550 e. The number of carboxylic acid groups (broad SMARTS) is 1. The van der Waals surface area contributed by atoms with Crippen molar-refractivity contribution in [3.8, 4) is 0 Å². The van der Waals surface area contributed by atoms with Gasteiger partial charge in [-0.25, -0.2) is 0 Å². The van der Waals surface area contributed by atoms with E-state index in [1.807, 2.05) is 43.3 Å². The number of hydrogen-bond donors (Lipinski definition) is 1. The summed E-state index contributed by atoms with van der Waals surface area (Å²) in [5, 5.41) is 20.7. The van der Waals surface area contributed by atoms with Gasteiger partial charge in [0.25, 0.3) is 5.91 Å². The maximum absolute atomic E-state index is 12.5. The van der Waals surface area contributed by atoms with E-state index in [4.69, 9.17) is 0 Å². The van der Waals surface area contributed by atoms with Gasteiger partial charge in [-0.05, 0) is 43.9 Å². The highest BCUT2D eigenvalue weighted by atomic mass is 16.4.